The number of hydrogen-bond acceptors (Lipinski definition) is 5. The van der Waals surface area contributed by atoms with Gasteiger partial charge in [0.25, 0.3) is 10.0 Å². The van der Waals surface area contributed by atoms with E-state index in [0.29, 0.717) is 11.4 Å². The van der Waals surface area contributed by atoms with Crippen LogP contribution in [0.4, 0.5) is 0 Å². The summed E-state index contributed by atoms with van der Waals surface area (Å²) in [6, 6.07) is 23.6. The van der Waals surface area contributed by atoms with E-state index in [9.17, 15) is 13.2 Å². The van der Waals surface area contributed by atoms with Crippen molar-refractivity contribution in [1.82, 2.24) is 19.8 Å². The van der Waals surface area contributed by atoms with Crippen LogP contribution in [0.2, 0.25) is 0 Å². The number of carbonyl (C=O) groups is 1. The smallest absolute Gasteiger partial charge is 0.285 e. The molecule has 172 valence electrons. The topological polar surface area (TPSA) is 96.7 Å². The molecule has 3 aromatic carbocycles. The van der Waals surface area contributed by atoms with E-state index in [0.717, 1.165) is 16.6 Å². The Hall–Kier alpha value is -3.98. The predicted molar refractivity (Wildman–Crippen MR) is 130 cm³/mol. The van der Waals surface area contributed by atoms with Crippen LogP contribution in [-0.2, 0) is 21.9 Å². The molecule has 0 radical (unpaired) electrons. The Morgan fingerprint density at radius 2 is 1.68 bits per heavy atom. The second-order valence-electron chi connectivity index (χ2n) is 8.17. The van der Waals surface area contributed by atoms with Crippen LogP contribution < -0.4 is 5.32 Å². The molecule has 1 unspecified atom stereocenters. The number of amides is 1. The summed E-state index contributed by atoms with van der Waals surface area (Å²) in [5.74, 6) is 0.673. The molecule has 5 rings (SSSR count). The molecular formula is C25H23N5O3S. The quantitative estimate of drug-likeness (QED) is 0.481. The van der Waals surface area contributed by atoms with Crippen LogP contribution in [0.1, 0.15) is 23.0 Å². The van der Waals surface area contributed by atoms with Crippen LogP contribution in [0.15, 0.2) is 88.2 Å². The minimum Gasteiger partial charge on any atom is -0.349 e. The molecule has 0 saturated heterocycles. The number of likely N-dealkylation sites (N-methyl/N-ethyl adjacent to an activating group) is 1. The van der Waals surface area contributed by atoms with Crippen LogP contribution in [0, 0.1) is 0 Å². The molecule has 1 aliphatic heterocycles. The van der Waals surface area contributed by atoms with E-state index < -0.39 is 16.1 Å². The summed E-state index contributed by atoms with van der Waals surface area (Å²) in [6.07, 6.45) is 0. The molecule has 0 spiro atoms. The van der Waals surface area contributed by atoms with Gasteiger partial charge in [0.1, 0.15) is 16.8 Å². The van der Waals surface area contributed by atoms with Crippen LogP contribution in [0.3, 0.4) is 0 Å². The molecule has 0 saturated carbocycles. The number of nitrogens with zero attached hydrogens (tertiary/aromatic N) is 4. The van der Waals surface area contributed by atoms with Gasteiger partial charge in [-0.15, -0.1) is 4.40 Å². The normalized spacial score (nSPS) is 14.9. The highest BCUT2D eigenvalue weighted by molar-refractivity contribution is 7.90. The number of sulfonamides is 1. The molecule has 4 aromatic rings. The summed E-state index contributed by atoms with van der Waals surface area (Å²) in [6.45, 7) is -0.0734. The van der Waals surface area contributed by atoms with Crippen molar-refractivity contribution in [1.29, 1.82) is 0 Å². The van der Waals surface area contributed by atoms with Gasteiger partial charge in [0, 0.05) is 19.7 Å². The zero-order chi connectivity index (χ0) is 23.9. The van der Waals surface area contributed by atoms with Crippen molar-refractivity contribution in [2.45, 2.75) is 10.9 Å². The number of carbonyl (C=O) groups excluding carboxylic acids is 1. The first-order valence-corrected chi connectivity index (χ1v) is 12.2. The summed E-state index contributed by atoms with van der Waals surface area (Å²) in [5.41, 5.74) is 3.19. The number of amidine groups is 1. The molecule has 8 nitrogen and oxygen atoms in total. The first kappa shape index (κ1) is 21.8. The first-order chi connectivity index (χ1) is 16.3. The Morgan fingerprint density at radius 3 is 2.44 bits per heavy atom. The Kier molecular flexibility index (Phi) is 5.41. The van der Waals surface area contributed by atoms with Crippen molar-refractivity contribution < 1.29 is 13.2 Å². The largest absolute Gasteiger partial charge is 0.349 e. The fourth-order valence-electron chi connectivity index (χ4n) is 4.23. The molecule has 0 bridgehead atoms. The average molecular weight is 474 g/mol. The summed E-state index contributed by atoms with van der Waals surface area (Å²) >= 11 is 0. The molecule has 2 heterocycles. The highest BCUT2D eigenvalue weighted by Crippen LogP contribution is 2.28. The minimum absolute atomic E-state index is 0.0734. The third-order valence-electron chi connectivity index (χ3n) is 5.87. The number of aryl methyl sites for hydroxylation is 1. The van der Waals surface area contributed by atoms with Crippen molar-refractivity contribution in [3.63, 3.8) is 0 Å². The maximum absolute atomic E-state index is 13.2. The highest BCUT2D eigenvalue weighted by Gasteiger charge is 2.31. The molecule has 1 aromatic heterocycles. The van der Waals surface area contributed by atoms with Gasteiger partial charge in [-0.05, 0) is 29.8 Å². The molecule has 1 atom stereocenters. The molecule has 0 fully saturated rings. The van der Waals surface area contributed by atoms with E-state index >= 15 is 0 Å². The Balaban J connectivity index is 1.43. The predicted octanol–water partition coefficient (Wildman–Crippen LogP) is 2.86. The molecule has 1 aliphatic rings. The summed E-state index contributed by atoms with van der Waals surface area (Å²) in [7, 11) is -0.184. The average Bonchev–Trinajstić information content (AvgIpc) is 3.32. The van der Waals surface area contributed by atoms with Crippen molar-refractivity contribution in [2.24, 2.45) is 11.4 Å². The monoisotopic (exact) mass is 473 g/mol. The highest BCUT2D eigenvalue weighted by atomic mass is 32.2. The number of hydrogen-bond donors (Lipinski definition) is 1. The number of aromatic nitrogens is 2. The van der Waals surface area contributed by atoms with E-state index in [1.54, 1.807) is 30.1 Å². The summed E-state index contributed by atoms with van der Waals surface area (Å²) in [4.78, 5) is 19.7. The van der Waals surface area contributed by atoms with Crippen molar-refractivity contribution in [3.05, 3.63) is 95.8 Å². The van der Waals surface area contributed by atoms with Gasteiger partial charge in [-0.2, -0.15) is 8.42 Å². The Labute approximate surface area is 197 Å². The van der Waals surface area contributed by atoms with Gasteiger partial charge in [-0.1, -0.05) is 54.6 Å². The molecule has 34 heavy (non-hydrogen) atoms. The molecule has 1 N–H and O–H groups in total. The second-order valence-corrected chi connectivity index (χ2v) is 9.74. The lowest BCUT2D eigenvalue weighted by Gasteiger charge is -2.23. The molecule has 0 aliphatic carbocycles. The first-order valence-electron chi connectivity index (χ1n) is 10.8. The van der Waals surface area contributed by atoms with Crippen LogP contribution in [0.5, 0.6) is 0 Å². The third-order valence-corrected chi connectivity index (χ3v) is 7.20. The van der Waals surface area contributed by atoms with E-state index in [-0.39, 0.29) is 23.2 Å². The van der Waals surface area contributed by atoms with Gasteiger partial charge in [0.2, 0.25) is 5.91 Å². The van der Waals surface area contributed by atoms with Gasteiger partial charge >= 0.3 is 0 Å². The summed E-state index contributed by atoms with van der Waals surface area (Å²) in [5, 5.41) is 3.08. The lowest BCUT2D eigenvalue weighted by atomic mass is 10.1. The fraction of sp³-hybridized carbons (Fsp3) is 0.160. The Bertz CT molecular complexity index is 1530. The summed E-state index contributed by atoms with van der Waals surface area (Å²) < 4.78 is 30.7. The SMILES string of the molecule is CN(CC(=O)NC(c1ccccc1)c1nc2ccccc2n1C)C1=NS(=O)(=O)c2ccccc21. The molecular weight excluding hydrogens is 450 g/mol. The third kappa shape index (κ3) is 3.84. The van der Waals surface area contributed by atoms with Crippen molar-refractivity contribution in [3.8, 4) is 0 Å². The number of rotatable bonds is 5. The Morgan fingerprint density at radius 1 is 1.00 bits per heavy atom. The zero-order valence-corrected chi connectivity index (χ0v) is 19.5. The number of nitrogens with one attached hydrogen (secondary N) is 1. The van der Waals surface area contributed by atoms with Crippen molar-refractivity contribution in [2.75, 3.05) is 13.6 Å². The lowest BCUT2D eigenvalue weighted by molar-refractivity contribution is -0.121. The van der Waals surface area contributed by atoms with Crippen molar-refractivity contribution >= 4 is 32.8 Å². The minimum atomic E-state index is -3.76. The van der Waals surface area contributed by atoms with Gasteiger partial charge < -0.3 is 14.8 Å². The van der Waals surface area contributed by atoms with E-state index in [2.05, 4.69) is 9.71 Å². The fourth-order valence-corrected chi connectivity index (χ4v) is 5.48. The van der Waals surface area contributed by atoms with Crippen LogP contribution in [-0.4, -0.2) is 48.2 Å². The van der Waals surface area contributed by atoms with Gasteiger partial charge in [0.15, 0.2) is 5.84 Å². The maximum Gasteiger partial charge on any atom is 0.285 e. The second kappa shape index (κ2) is 8.42. The molecule has 1 amide bonds. The zero-order valence-electron chi connectivity index (χ0n) is 18.7. The molecule has 9 heteroatoms. The lowest BCUT2D eigenvalue weighted by Crippen LogP contribution is -2.40. The maximum atomic E-state index is 13.2. The van der Waals surface area contributed by atoms with Gasteiger partial charge in [-0.25, -0.2) is 4.98 Å². The van der Waals surface area contributed by atoms with Gasteiger partial charge in [-0.3, -0.25) is 4.79 Å². The number of fused-ring (bicyclic) bond motifs is 2. The number of benzene rings is 3. The van der Waals surface area contributed by atoms with E-state index in [1.165, 1.54) is 6.07 Å². The van der Waals surface area contributed by atoms with Crippen LogP contribution in [0.25, 0.3) is 11.0 Å². The van der Waals surface area contributed by atoms with Gasteiger partial charge in [0.05, 0.1) is 17.6 Å². The standard InChI is InChI=1S/C25H23N5O3S/c1-29(24-18-12-6-9-15-21(18)34(32,33)28-24)16-22(31)27-23(17-10-4-3-5-11-17)25-26-19-13-7-8-14-20(19)30(25)2/h3-15,23H,16H2,1-2H3,(H,27,31). The number of imidazole rings is 1. The number of para-hydroxylation sites is 2. The van der Waals surface area contributed by atoms with E-state index in [4.69, 9.17) is 4.98 Å². The van der Waals surface area contributed by atoms with Crippen LogP contribution >= 0.6 is 0 Å². The van der Waals surface area contributed by atoms with E-state index in [1.807, 2.05) is 66.2 Å².